The molecule has 0 bridgehead atoms. The van der Waals surface area contributed by atoms with Crippen LogP contribution in [0.5, 0.6) is 0 Å². The van der Waals surface area contributed by atoms with Gasteiger partial charge < -0.3 is 9.64 Å². The van der Waals surface area contributed by atoms with Crippen molar-refractivity contribution in [1.82, 2.24) is 4.98 Å². The average molecular weight is 241 g/mol. The highest BCUT2D eigenvalue weighted by Crippen LogP contribution is 2.20. The van der Waals surface area contributed by atoms with Crippen LogP contribution in [0.3, 0.4) is 0 Å². The zero-order valence-electron chi connectivity index (χ0n) is 9.31. The minimum Gasteiger partial charge on any atom is -0.377 e. The van der Waals surface area contributed by atoms with Crippen LogP contribution >= 0.6 is 11.6 Å². The molecule has 2 heterocycles. The molecule has 4 heteroatoms. The Balaban J connectivity index is 1.81. The summed E-state index contributed by atoms with van der Waals surface area (Å²) in [5, 5.41) is 0. The Bertz CT molecular complexity index is 299. The van der Waals surface area contributed by atoms with Gasteiger partial charge in [-0.1, -0.05) is 0 Å². The Labute approximate surface area is 101 Å². The van der Waals surface area contributed by atoms with Gasteiger partial charge in [-0.3, -0.25) is 4.98 Å². The lowest BCUT2D eigenvalue weighted by molar-refractivity contribution is 0.0472. The maximum Gasteiger partial charge on any atom is 0.0609 e. The molecule has 1 saturated heterocycles. The molecular weight excluding hydrogens is 224 g/mol. The maximum atomic E-state index is 5.65. The van der Waals surface area contributed by atoms with Crippen LogP contribution in [0.4, 0.5) is 5.69 Å². The Morgan fingerprint density at radius 3 is 2.62 bits per heavy atom. The van der Waals surface area contributed by atoms with Crippen LogP contribution in [-0.4, -0.2) is 36.7 Å². The second kappa shape index (κ2) is 6.06. The highest BCUT2D eigenvalue weighted by Gasteiger charge is 2.19. The van der Waals surface area contributed by atoms with Crippen molar-refractivity contribution in [3.8, 4) is 0 Å². The number of hydrogen-bond donors (Lipinski definition) is 0. The first-order valence-electron chi connectivity index (χ1n) is 5.72. The van der Waals surface area contributed by atoms with Gasteiger partial charge >= 0.3 is 0 Å². The number of alkyl halides is 1. The molecule has 1 fully saturated rings. The van der Waals surface area contributed by atoms with Crippen LogP contribution in [0, 0.1) is 0 Å². The lowest BCUT2D eigenvalue weighted by Gasteiger charge is -2.33. The quantitative estimate of drug-likeness (QED) is 0.756. The second-order valence-electron chi connectivity index (χ2n) is 3.95. The summed E-state index contributed by atoms with van der Waals surface area (Å²) in [5.74, 6) is 0.588. The van der Waals surface area contributed by atoms with Crippen molar-refractivity contribution < 1.29 is 4.74 Å². The number of piperidine rings is 1. The molecule has 0 amide bonds. The van der Waals surface area contributed by atoms with Gasteiger partial charge in [-0.25, -0.2) is 0 Å². The molecule has 0 aliphatic carbocycles. The largest absolute Gasteiger partial charge is 0.377 e. The van der Waals surface area contributed by atoms with Crippen LogP contribution < -0.4 is 4.90 Å². The fourth-order valence-electron chi connectivity index (χ4n) is 2.05. The molecule has 0 aromatic carbocycles. The lowest BCUT2D eigenvalue weighted by atomic mass is 10.1. The number of aromatic nitrogens is 1. The minimum absolute atomic E-state index is 0.386. The van der Waals surface area contributed by atoms with E-state index in [9.17, 15) is 0 Å². The fourth-order valence-corrected chi connectivity index (χ4v) is 2.14. The number of anilines is 1. The van der Waals surface area contributed by atoms with E-state index in [4.69, 9.17) is 16.3 Å². The van der Waals surface area contributed by atoms with E-state index < -0.39 is 0 Å². The van der Waals surface area contributed by atoms with Crippen LogP contribution in [0.25, 0.3) is 0 Å². The van der Waals surface area contributed by atoms with Crippen LogP contribution in [-0.2, 0) is 4.74 Å². The summed E-state index contributed by atoms with van der Waals surface area (Å²) in [4.78, 5) is 6.41. The monoisotopic (exact) mass is 240 g/mol. The number of ether oxygens (including phenoxy) is 1. The first kappa shape index (κ1) is 11.7. The van der Waals surface area contributed by atoms with Crippen molar-refractivity contribution >= 4 is 17.3 Å². The molecule has 1 aromatic heterocycles. The van der Waals surface area contributed by atoms with Gasteiger partial charge in [0.05, 0.1) is 12.7 Å². The molecule has 0 atom stereocenters. The van der Waals surface area contributed by atoms with Crippen LogP contribution in [0.2, 0.25) is 0 Å². The van der Waals surface area contributed by atoms with Crippen molar-refractivity contribution in [2.75, 3.05) is 30.5 Å². The van der Waals surface area contributed by atoms with Gasteiger partial charge in [0, 0.05) is 37.1 Å². The van der Waals surface area contributed by atoms with E-state index in [1.165, 1.54) is 5.69 Å². The molecular formula is C12H17ClN2O. The summed E-state index contributed by atoms with van der Waals surface area (Å²) in [7, 11) is 0. The Morgan fingerprint density at radius 2 is 2.00 bits per heavy atom. The van der Waals surface area contributed by atoms with Crippen molar-refractivity contribution in [1.29, 1.82) is 0 Å². The third-order valence-electron chi connectivity index (χ3n) is 2.90. The SMILES string of the molecule is ClCCOC1CCN(c2ccncc2)CC1. The van der Waals surface area contributed by atoms with E-state index in [-0.39, 0.29) is 0 Å². The Morgan fingerprint density at radius 1 is 1.31 bits per heavy atom. The van der Waals surface area contributed by atoms with Crippen LogP contribution in [0.1, 0.15) is 12.8 Å². The molecule has 0 N–H and O–H groups in total. The van der Waals surface area contributed by atoms with Crippen molar-refractivity contribution in [2.45, 2.75) is 18.9 Å². The summed E-state index contributed by atoms with van der Waals surface area (Å²) in [6.07, 6.45) is 6.23. The van der Waals surface area contributed by atoms with Crippen molar-refractivity contribution in [2.24, 2.45) is 0 Å². The summed E-state index contributed by atoms with van der Waals surface area (Å²) in [6.45, 7) is 2.77. The number of nitrogens with zero attached hydrogens (tertiary/aromatic N) is 2. The van der Waals surface area contributed by atoms with Gasteiger partial charge in [-0.2, -0.15) is 0 Å². The second-order valence-corrected chi connectivity index (χ2v) is 4.33. The molecule has 1 aliphatic rings. The number of hydrogen-bond acceptors (Lipinski definition) is 3. The van der Waals surface area contributed by atoms with Gasteiger partial charge in [0.15, 0.2) is 0 Å². The summed E-state index contributed by atoms with van der Waals surface area (Å²) >= 11 is 5.60. The third kappa shape index (κ3) is 3.09. The smallest absolute Gasteiger partial charge is 0.0609 e. The number of rotatable bonds is 4. The highest BCUT2D eigenvalue weighted by molar-refractivity contribution is 6.17. The lowest BCUT2D eigenvalue weighted by Crippen LogP contribution is -2.37. The first-order chi connectivity index (χ1) is 7.90. The molecule has 0 radical (unpaired) electrons. The molecule has 2 rings (SSSR count). The maximum absolute atomic E-state index is 5.65. The van der Waals surface area contributed by atoms with Crippen molar-refractivity contribution in [3.05, 3.63) is 24.5 Å². The first-order valence-corrected chi connectivity index (χ1v) is 6.26. The van der Waals surface area contributed by atoms with E-state index in [1.807, 2.05) is 12.4 Å². The third-order valence-corrected chi connectivity index (χ3v) is 3.05. The van der Waals surface area contributed by atoms with Crippen LogP contribution in [0.15, 0.2) is 24.5 Å². The van der Waals surface area contributed by atoms with E-state index in [0.29, 0.717) is 18.6 Å². The zero-order chi connectivity index (χ0) is 11.2. The van der Waals surface area contributed by atoms with Crippen molar-refractivity contribution in [3.63, 3.8) is 0 Å². The van der Waals surface area contributed by atoms with E-state index >= 15 is 0 Å². The molecule has 0 unspecified atom stereocenters. The molecule has 3 nitrogen and oxygen atoms in total. The fraction of sp³-hybridized carbons (Fsp3) is 0.583. The number of halogens is 1. The zero-order valence-corrected chi connectivity index (χ0v) is 10.1. The molecule has 1 aromatic rings. The minimum atomic E-state index is 0.386. The molecule has 88 valence electrons. The summed E-state index contributed by atoms with van der Waals surface area (Å²) in [5.41, 5.74) is 1.26. The van der Waals surface area contributed by atoms with E-state index in [0.717, 1.165) is 25.9 Å². The molecule has 0 spiro atoms. The highest BCUT2D eigenvalue weighted by atomic mass is 35.5. The molecule has 0 saturated carbocycles. The predicted molar refractivity (Wildman–Crippen MR) is 66.1 cm³/mol. The Hall–Kier alpha value is -0.800. The van der Waals surface area contributed by atoms with Gasteiger partial charge in [-0.05, 0) is 25.0 Å². The predicted octanol–water partition coefficient (Wildman–Crippen LogP) is 2.31. The van der Waals surface area contributed by atoms with E-state index in [1.54, 1.807) is 0 Å². The van der Waals surface area contributed by atoms with E-state index in [2.05, 4.69) is 22.0 Å². The molecule has 1 aliphatic heterocycles. The standard InChI is InChI=1S/C12H17ClN2O/c13-5-10-16-12-3-8-15(9-4-12)11-1-6-14-7-2-11/h1-2,6-7,12H,3-5,8-10H2. The Kier molecular flexibility index (Phi) is 4.43. The van der Waals surface area contributed by atoms with Gasteiger partial charge in [0.2, 0.25) is 0 Å². The average Bonchev–Trinajstić information content (AvgIpc) is 2.38. The topological polar surface area (TPSA) is 25.4 Å². The van der Waals surface area contributed by atoms with Gasteiger partial charge in [0.25, 0.3) is 0 Å². The summed E-state index contributed by atoms with van der Waals surface area (Å²) < 4.78 is 5.65. The van der Waals surface area contributed by atoms with Gasteiger partial charge in [0.1, 0.15) is 0 Å². The summed E-state index contributed by atoms with van der Waals surface area (Å²) in [6, 6.07) is 4.11. The normalized spacial score (nSPS) is 17.7. The molecule has 16 heavy (non-hydrogen) atoms. The number of pyridine rings is 1. The van der Waals surface area contributed by atoms with Gasteiger partial charge in [-0.15, -0.1) is 11.6 Å².